The van der Waals surface area contributed by atoms with Gasteiger partial charge in [-0.05, 0) is 25.2 Å². The highest BCUT2D eigenvalue weighted by molar-refractivity contribution is 6.21. The largest absolute Gasteiger partial charge is 0.272 e. The first kappa shape index (κ1) is 12.4. The smallest absolute Gasteiger partial charge is 0.258 e. The molecular formula is C13H16ClNO2. The fraction of sp³-hybridized carbons (Fsp3) is 0.538. The van der Waals surface area contributed by atoms with Crippen LogP contribution >= 0.6 is 11.6 Å². The summed E-state index contributed by atoms with van der Waals surface area (Å²) in [5.74, 6) is 0.525. The van der Waals surface area contributed by atoms with Crippen molar-refractivity contribution in [2.75, 3.05) is 0 Å². The molecule has 0 radical (unpaired) electrons. The summed E-state index contributed by atoms with van der Waals surface area (Å²) in [6.07, 6.45) is 5.41. The van der Waals surface area contributed by atoms with Crippen molar-refractivity contribution in [3.8, 4) is 0 Å². The van der Waals surface area contributed by atoms with Gasteiger partial charge in [0.15, 0.2) is 0 Å². The van der Waals surface area contributed by atoms with Gasteiger partial charge in [-0.1, -0.05) is 31.0 Å². The van der Waals surface area contributed by atoms with E-state index >= 15 is 0 Å². The Morgan fingerprint density at radius 3 is 2.65 bits per heavy atom. The minimum atomic E-state index is -0.326. The van der Waals surface area contributed by atoms with Gasteiger partial charge in [-0.2, -0.15) is 0 Å². The maximum absolute atomic E-state index is 10.9. The lowest BCUT2D eigenvalue weighted by Crippen LogP contribution is -2.15. The molecule has 0 aromatic heterocycles. The number of halogens is 1. The van der Waals surface area contributed by atoms with Crippen molar-refractivity contribution in [3.05, 3.63) is 39.9 Å². The zero-order chi connectivity index (χ0) is 12.3. The molecule has 3 nitrogen and oxygen atoms in total. The number of hydrogen-bond donors (Lipinski definition) is 0. The van der Waals surface area contributed by atoms with Gasteiger partial charge >= 0.3 is 0 Å². The highest BCUT2D eigenvalue weighted by Gasteiger charge is 2.25. The lowest BCUT2D eigenvalue weighted by molar-refractivity contribution is -0.385. The van der Waals surface area contributed by atoms with Gasteiger partial charge in [0.1, 0.15) is 0 Å². The zero-order valence-corrected chi connectivity index (χ0v) is 10.4. The van der Waals surface area contributed by atoms with Crippen molar-refractivity contribution in [3.63, 3.8) is 0 Å². The van der Waals surface area contributed by atoms with Gasteiger partial charge in [0, 0.05) is 17.0 Å². The average molecular weight is 254 g/mol. The van der Waals surface area contributed by atoms with E-state index in [4.69, 9.17) is 11.6 Å². The van der Waals surface area contributed by atoms with Gasteiger partial charge in [0.2, 0.25) is 0 Å². The number of nitrogens with zero attached hydrogens (tertiary/aromatic N) is 1. The monoisotopic (exact) mass is 253 g/mol. The molecule has 1 aliphatic carbocycles. The second-order valence-corrected chi connectivity index (χ2v) is 5.21. The second-order valence-electron chi connectivity index (χ2n) is 4.65. The van der Waals surface area contributed by atoms with Gasteiger partial charge in [-0.15, -0.1) is 11.6 Å². The molecule has 1 aromatic carbocycles. The van der Waals surface area contributed by atoms with Crippen molar-refractivity contribution in [2.24, 2.45) is 5.92 Å². The first-order valence-corrected chi connectivity index (χ1v) is 6.48. The minimum Gasteiger partial charge on any atom is -0.258 e. The van der Waals surface area contributed by atoms with Crippen molar-refractivity contribution in [1.29, 1.82) is 0 Å². The van der Waals surface area contributed by atoms with E-state index in [2.05, 4.69) is 0 Å². The fourth-order valence-electron chi connectivity index (χ4n) is 2.56. The number of alkyl halides is 1. The Kier molecular flexibility index (Phi) is 4.00. The molecule has 0 spiro atoms. The summed E-state index contributed by atoms with van der Waals surface area (Å²) in [6, 6.07) is 6.89. The molecule has 1 aromatic rings. The molecule has 1 unspecified atom stereocenters. The Balaban J connectivity index is 2.09. The van der Waals surface area contributed by atoms with E-state index in [-0.39, 0.29) is 16.0 Å². The van der Waals surface area contributed by atoms with Crippen LogP contribution in [-0.4, -0.2) is 10.3 Å². The summed E-state index contributed by atoms with van der Waals surface area (Å²) in [5, 5.41) is 10.9. The first-order valence-electron chi connectivity index (χ1n) is 6.05. The van der Waals surface area contributed by atoms with Gasteiger partial charge in [0.05, 0.1) is 4.92 Å². The van der Waals surface area contributed by atoms with Crippen LogP contribution in [-0.2, 0) is 6.42 Å². The second kappa shape index (κ2) is 5.50. The van der Waals surface area contributed by atoms with Crippen LogP contribution in [0.2, 0.25) is 0 Å². The van der Waals surface area contributed by atoms with Crippen LogP contribution < -0.4 is 0 Å². The van der Waals surface area contributed by atoms with Gasteiger partial charge in [-0.25, -0.2) is 0 Å². The quantitative estimate of drug-likeness (QED) is 0.463. The van der Waals surface area contributed by atoms with E-state index in [1.807, 2.05) is 12.1 Å². The molecule has 0 aliphatic heterocycles. The predicted octanol–water partition coefficient (Wildman–Crippen LogP) is 3.93. The van der Waals surface area contributed by atoms with Crippen LogP contribution in [0.1, 0.15) is 31.2 Å². The van der Waals surface area contributed by atoms with E-state index in [1.165, 1.54) is 12.8 Å². The number of hydrogen-bond acceptors (Lipinski definition) is 2. The summed E-state index contributed by atoms with van der Waals surface area (Å²) in [5.41, 5.74) is 0.945. The maximum Gasteiger partial charge on any atom is 0.272 e. The molecule has 92 valence electrons. The van der Waals surface area contributed by atoms with Crippen molar-refractivity contribution in [2.45, 2.75) is 37.5 Å². The van der Waals surface area contributed by atoms with Gasteiger partial charge in [0.25, 0.3) is 5.69 Å². The lowest BCUT2D eigenvalue weighted by atomic mass is 9.97. The van der Waals surface area contributed by atoms with E-state index in [9.17, 15) is 10.1 Å². The first-order chi connectivity index (χ1) is 8.18. The van der Waals surface area contributed by atoms with Crippen molar-refractivity contribution >= 4 is 17.3 Å². The molecule has 17 heavy (non-hydrogen) atoms. The summed E-state index contributed by atoms with van der Waals surface area (Å²) in [7, 11) is 0. The predicted molar refractivity (Wildman–Crippen MR) is 68.4 cm³/mol. The van der Waals surface area contributed by atoms with Gasteiger partial charge < -0.3 is 0 Å². The number of rotatable bonds is 4. The summed E-state index contributed by atoms with van der Waals surface area (Å²) >= 11 is 6.38. The molecule has 0 heterocycles. The standard InChI is InChI=1S/C13H16ClNO2/c14-12(10-5-1-2-6-10)9-11-7-3-4-8-13(11)15(16)17/h3-4,7-8,10,12H,1-2,5-6,9H2. The van der Waals surface area contributed by atoms with Crippen LogP contribution in [0.3, 0.4) is 0 Å². The molecule has 0 bridgehead atoms. The Hall–Kier alpha value is -1.09. The molecule has 1 saturated carbocycles. The summed E-state index contributed by atoms with van der Waals surface area (Å²) < 4.78 is 0. The van der Waals surface area contributed by atoms with E-state index < -0.39 is 0 Å². The molecule has 2 rings (SSSR count). The highest BCUT2D eigenvalue weighted by atomic mass is 35.5. The van der Waals surface area contributed by atoms with E-state index in [0.717, 1.165) is 18.4 Å². The molecule has 1 atom stereocenters. The molecular weight excluding hydrogens is 238 g/mol. The number of para-hydroxylation sites is 1. The maximum atomic E-state index is 10.9. The third-order valence-electron chi connectivity index (χ3n) is 3.51. The molecule has 1 fully saturated rings. The molecule has 0 saturated heterocycles. The fourth-order valence-corrected chi connectivity index (χ4v) is 2.98. The van der Waals surface area contributed by atoms with Crippen LogP contribution in [0.15, 0.2) is 24.3 Å². The summed E-state index contributed by atoms with van der Waals surface area (Å²) in [6.45, 7) is 0. The van der Waals surface area contributed by atoms with Crippen LogP contribution in [0, 0.1) is 16.0 Å². The van der Waals surface area contributed by atoms with E-state index in [0.29, 0.717) is 12.3 Å². The number of nitro benzene ring substituents is 1. The lowest BCUT2D eigenvalue weighted by Gasteiger charge is -2.16. The third kappa shape index (κ3) is 2.97. The normalized spacial score (nSPS) is 18.2. The number of nitro groups is 1. The zero-order valence-electron chi connectivity index (χ0n) is 9.64. The van der Waals surface area contributed by atoms with Crippen LogP contribution in [0.4, 0.5) is 5.69 Å². The highest BCUT2D eigenvalue weighted by Crippen LogP contribution is 2.33. The Morgan fingerprint density at radius 2 is 2.00 bits per heavy atom. The number of benzene rings is 1. The van der Waals surface area contributed by atoms with Crippen LogP contribution in [0.25, 0.3) is 0 Å². The third-order valence-corrected chi connectivity index (χ3v) is 4.03. The Morgan fingerprint density at radius 1 is 1.35 bits per heavy atom. The van der Waals surface area contributed by atoms with Crippen molar-refractivity contribution < 1.29 is 4.92 Å². The molecule has 0 amide bonds. The van der Waals surface area contributed by atoms with E-state index in [1.54, 1.807) is 12.1 Å². The molecule has 0 N–H and O–H groups in total. The molecule has 4 heteroatoms. The SMILES string of the molecule is O=[N+]([O-])c1ccccc1CC(Cl)C1CCCC1. The Bertz CT molecular complexity index is 402. The van der Waals surface area contributed by atoms with Crippen molar-refractivity contribution in [1.82, 2.24) is 0 Å². The van der Waals surface area contributed by atoms with Gasteiger partial charge in [-0.3, -0.25) is 10.1 Å². The minimum absolute atomic E-state index is 0.0265. The topological polar surface area (TPSA) is 43.1 Å². The summed E-state index contributed by atoms with van der Waals surface area (Å²) in [4.78, 5) is 10.6. The Labute approximate surface area is 106 Å². The van der Waals surface area contributed by atoms with Crippen LogP contribution in [0.5, 0.6) is 0 Å². The molecule has 1 aliphatic rings. The average Bonchev–Trinajstić information content (AvgIpc) is 2.83.